The number of hydrogen-bond acceptors (Lipinski definition) is 2. The molecule has 0 aromatic carbocycles. The minimum absolute atomic E-state index is 0.326. The highest BCUT2D eigenvalue weighted by molar-refractivity contribution is 7.58. The lowest BCUT2D eigenvalue weighted by Gasteiger charge is -1.71. The molecule has 0 heterocycles. The molecule has 6 heavy (non-hydrogen) atoms. The van der Waals surface area contributed by atoms with Crippen LogP contribution in [0, 0.1) is 11.1 Å². The molecular weight excluding hydrogens is 111 g/mol. The van der Waals surface area contributed by atoms with Crippen LogP contribution in [0.25, 0.3) is 0 Å². The van der Waals surface area contributed by atoms with Crippen molar-refractivity contribution < 1.29 is 13.0 Å². The Hall–Kier alpha value is -0.420. The number of hydrogen-bond donors (Lipinski definition) is 0. The minimum atomic E-state index is -5.34. The molecule has 5 heteroatoms. The second kappa shape index (κ2) is 1.36. The second-order valence-electron chi connectivity index (χ2n) is 0.562. The van der Waals surface area contributed by atoms with Crippen LogP contribution in [0.2, 0.25) is 0 Å². The first kappa shape index (κ1) is 5.58. The Morgan fingerprint density at radius 1 is 1.67 bits per heavy atom. The van der Waals surface area contributed by atoms with Crippen molar-refractivity contribution in [3.63, 3.8) is 0 Å². The smallest absolute Gasteiger partial charge is 0.233 e. The standard InChI is InChI=1S/CF2NOP/c2-6(3,5)1-4. The van der Waals surface area contributed by atoms with Gasteiger partial charge in [0, 0.05) is 0 Å². The summed E-state index contributed by atoms with van der Waals surface area (Å²) in [5.74, 6) is 0.326. The molecule has 0 atom stereocenters. The van der Waals surface area contributed by atoms with Gasteiger partial charge in [-0.05, 0) is 0 Å². The van der Waals surface area contributed by atoms with Gasteiger partial charge >= 0.3 is 7.76 Å². The molecule has 0 aromatic rings. The van der Waals surface area contributed by atoms with Crippen LogP contribution in [0.15, 0.2) is 0 Å². The van der Waals surface area contributed by atoms with Crippen molar-refractivity contribution >= 4 is 7.76 Å². The average Bonchev–Trinajstić information content (AvgIpc) is 1.35. The van der Waals surface area contributed by atoms with Crippen LogP contribution in [0.5, 0.6) is 0 Å². The Labute approximate surface area is 33.0 Å². The normalized spacial score (nSPS) is 10.2. The predicted molar refractivity (Wildman–Crippen MR) is 15.4 cm³/mol. The van der Waals surface area contributed by atoms with E-state index in [1.54, 1.807) is 0 Å². The summed E-state index contributed by atoms with van der Waals surface area (Å²) in [6.45, 7) is 0. The topological polar surface area (TPSA) is 40.9 Å². The number of rotatable bonds is 0. The van der Waals surface area contributed by atoms with E-state index in [2.05, 4.69) is 0 Å². The quantitative estimate of drug-likeness (QED) is 0.445. The van der Waals surface area contributed by atoms with Crippen LogP contribution < -0.4 is 0 Å². The molecule has 0 bridgehead atoms. The van der Waals surface area contributed by atoms with E-state index < -0.39 is 7.76 Å². The summed E-state index contributed by atoms with van der Waals surface area (Å²) in [6.07, 6.45) is 0. The van der Waals surface area contributed by atoms with E-state index in [0.717, 1.165) is 0 Å². The molecule has 0 radical (unpaired) electrons. The van der Waals surface area contributed by atoms with Crippen LogP contribution in [0.4, 0.5) is 8.39 Å². The van der Waals surface area contributed by atoms with Gasteiger partial charge in [-0.2, -0.15) is 5.26 Å². The van der Waals surface area contributed by atoms with Gasteiger partial charge in [-0.15, -0.1) is 8.39 Å². The predicted octanol–water partition coefficient (Wildman–Crippen LogP) is 1.60. The van der Waals surface area contributed by atoms with Gasteiger partial charge in [-0.1, -0.05) is 0 Å². The van der Waals surface area contributed by atoms with Crippen molar-refractivity contribution in [2.45, 2.75) is 0 Å². The maximum atomic E-state index is 10.6. The van der Waals surface area contributed by atoms with Crippen molar-refractivity contribution in [1.29, 1.82) is 5.26 Å². The van der Waals surface area contributed by atoms with E-state index >= 15 is 0 Å². The molecule has 0 rings (SSSR count). The fourth-order valence-corrected chi connectivity index (χ4v) is 0. The molecule has 0 saturated heterocycles. The first-order valence-electron chi connectivity index (χ1n) is 0.968. The zero-order valence-electron chi connectivity index (χ0n) is 2.56. The second-order valence-corrected chi connectivity index (χ2v) is 1.69. The van der Waals surface area contributed by atoms with Crippen LogP contribution in [-0.4, -0.2) is 0 Å². The van der Waals surface area contributed by atoms with Gasteiger partial charge in [0.25, 0.3) is 0 Å². The van der Waals surface area contributed by atoms with Crippen molar-refractivity contribution in [2.75, 3.05) is 0 Å². The zero-order valence-corrected chi connectivity index (χ0v) is 3.45. The number of nitriles is 1. The summed E-state index contributed by atoms with van der Waals surface area (Å²) in [7, 11) is -5.34. The molecule has 0 aromatic heterocycles. The summed E-state index contributed by atoms with van der Waals surface area (Å²) >= 11 is 0. The van der Waals surface area contributed by atoms with Gasteiger partial charge in [0.15, 0.2) is 5.81 Å². The fourth-order valence-electron chi connectivity index (χ4n) is 0. The summed E-state index contributed by atoms with van der Waals surface area (Å²) in [5, 5.41) is 7.14. The highest BCUT2D eigenvalue weighted by Gasteiger charge is 2.15. The molecule has 0 fully saturated rings. The largest absolute Gasteiger partial charge is 0.504 e. The fraction of sp³-hybridized carbons (Fsp3) is 0. The average molecular weight is 111 g/mol. The van der Waals surface area contributed by atoms with E-state index in [9.17, 15) is 8.39 Å². The van der Waals surface area contributed by atoms with Crippen LogP contribution >= 0.6 is 7.76 Å². The van der Waals surface area contributed by atoms with Crippen molar-refractivity contribution in [3.8, 4) is 5.81 Å². The Balaban J connectivity index is 3.94. The summed E-state index contributed by atoms with van der Waals surface area (Å²) in [6, 6.07) is 0. The van der Waals surface area contributed by atoms with Gasteiger partial charge in [-0.25, -0.2) is 4.57 Å². The SMILES string of the molecule is N#CP(=O)(F)F. The molecule has 0 aliphatic heterocycles. The molecule has 0 amide bonds. The molecule has 2 nitrogen and oxygen atoms in total. The van der Waals surface area contributed by atoms with E-state index in [1.165, 1.54) is 0 Å². The third-order valence-corrected chi connectivity index (χ3v) is 0.349. The molecular formula is CF2NOP. The van der Waals surface area contributed by atoms with Gasteiger partial charge in [-0.3, -0.25) is 0 Å². The van der Waals surface area contributed by atoms with Crippen molar-refractivity contribution in [2.24, 2.45) is 0 Å². The molecule has 0 spiro atoms. The third-order valence-electron chi connectivity index (χ3n) is 0.116. The molecule has 0 aliphatic rings. The Kier molecular flexibility index (Phi) is 1.26. The van der Waals surface area contributed by atoms with Gasteiger partial charge in [0.2, 0.25) is 0 Å². The van der Waals surface area contributed by atoms with E-state index in [4.69, 9.17) is 9.83 Å². The number of halogens is 2. The molecule has 0 unspecified atom stereocenters. The van der Waals surface area contributed by atoms with E-state index in [-0.39, 0.29) is 0 Å². The first-order chi connectivity index (χ1) is 2.56. The lowest BCUT2D eigenvalue weighted by atomic mass is 11.8. The molecule has 34 valence electrons. The Morgan fingerprint density at radius 2 is 1.83 bits per heavy atom. The number of nitrogens with zero attached hydrogens (tertiary/aromatic N) is 1. The Morgan fingerprint density at radius 3 is 1.83 bits per heavy atom. The van der Waals surface area contributed by atoms with Crippen molar-refractivity contribution in [1.82, 2.24) is 0 Å². The maximum Gasteiger partial charge on any atom is 0.504 e. The van der Waals surface area contributed by atoms with Gasteiger partial charge < -0.3 is 0 Å². The Bertz CT molecular complexity index is 120. The first-order valence-corrected chi connectivity index (χ1v) is 2.46. The van der Waals surface area contributed by atoms with Gasteiger partial charge in [0.1, 0.15) is 0 Å². The summed E-state index contributed by atoms with van der Waals surface area (Å²) < 4.78 is 30.2. The lowest BCUT2D eigenvalue weighted by Crippen LogP contribution is -1.43. The van der Waals surface area contributed by atoms with Crippen LogP contribution in [0.3, 0.4) is 0 Å². The molecule has 0 aliphatic carbocycles. The van der Waals surface area contributed by atoms with Crippen molar-refractivity contribution in [3.05, 3.63) is 0 Å². The highest BCUT2D eigenvalue weighted by atomic mass is 31.2. The monoisotopic (exact) mass is 111 g/mol. The van der Waals surface area contributed by atoms with Crippen LogP contribution in [-0.2, 0) is 4.57 Å². The summed E-state index contributed by atoms with van der Waals surface area (Å²) in [4.78, 5) is 0. The van der Waals surface area contributed by atoms with E-state index in [1.807, 2.05) is 0 Å². The zero-order chi connectivity index (χ0) is 5.21. The highest BCUT2D eigenvalue weighted by Crippen LogP contribution is 2.47. The van der Waals surface area contributed by atoms with Gasteiger partial charge in [0.05, 0.1) is 0 Å². The third kappa shape index (κ3) is 3.58. The molecule has 0 saturated carbocycles. The summed E-state index contributed by atoms with van der Waals surface area (Å²) in [5.41, 5.74) is 0. The lowest BCUT2D eigenvalue weighted by molar-refractivity contribution is 0.508. The van der Waals surface area contributed by atoms with Crippen LogP contribution in [0.1, 0.15) is 0 Å². The minimum Gasteiger partial charge on any atom is -0.233 e. The van der Waals surface area contributed by atoms with E-state index in [0.29, 0.717) is 5.81 Å². The maximum absolute atomic E-state index is 10.6. The molecule has 0 N–H and O–H groups in total.